The molecular formula is C13H13ClN2O2S. The maximum Gasteiger partial charge on any atom is 0.345 e. The molecule has 2 aromatic heterocycles. The van der Waals surface area contributed by atoms with E-state index in [4.69, 9.17) is 16.7 Å². The second-order valence-corrected chi connectivity index (χ2v) is 5.71. The highest BCUT2D eigenvalue weighted by atomic mass is 35.5. The van der Waals surface area contributed by atoms with Gasteiger partial charge < -0.3 is 10.4 Å². The minimum absolute atomic E-state index is 0.00272. The molecule has 1 unspecified atom stereocenters. The van der Waals surface area contributed by atoms with Gasteiger partial charge in [0.15, 0.2) is 0 Å². The fourth-order valence-electron chi connectivity index (χ4n) is 1.66. The Kier molecular flexibility index (Phi) is 4.07. The van der Waals surface area contributed by atoms with Crippen LogP contribution >= 0.6 is 22.9 Å². The Labute approximate surface area is 120 Å². The van der Waals surface area contributed by atoms with E-state index in [-0.39, 0.29) is 6.04 Å². The highest BCUT2D eigenvalue weighted by Gasteiger charge is 2.13. The summed E-state index contributed by atoms with van der Waals surface area (Å²) in [6.45, 7) is 3.86. The molecule has 2 rings (SSSR count). The van der Waals surface area contributed by atoms with Gasteiger partial charge in [0.25, 0.3) is 0 Å². The van der Waals surface area contributed by atoms with Crippen molar-refractivity contribution in [3.8, 4) is 0 Å². The average Bonchev–Trinajstić information content (AvgIpc) is 2.83. The molecule has 0 radical (unpaired) electrons. The zero-order valence-corrected chi connectivity index (χ0v) is 12.0. The molecule has 2 heterocycles. The van der Waals surface area contributed by atoms with Gasteiger partial charge in [0.1, 0.15) is 4.88 Å². The molecule has 0 amide bonds. The van der Waals surface area contributed by atoms with Gasteiger partial charge >= 0.3 is 5.97 Å². The van der Waals surface area contributed by atoms with Crippen molar-refractivity contribution in [1.29, 1.82) is 0 Å². The van der Waals surface area contributed by atoms with Crippen molar-refractivity contribution in [2.24, 2.45) is 0 Å². The van der Waals surface area contributed by atoms with Gasteiger partial charge in [0, 0.05) is 11.1 Å². The average molecular weight is 297 g/mol. The van der Waals surface area contributed by atoms with Crippen molar-refractivity contribution in [2.75, 3.05) is 5.32 Å². The molecule has 19 heavy (non-hydrogen) atoms. The van der Waals surface area contributed by atoms with Crippen molar-refractivity contribution in [3.63, 3.8) is 0 Å². The first-order valence-corrected chi connectivity index (χ1v) is 6.88. The number of nitrogens with zero attached hydrogens (tertiary/aromatic N) is 1. The summed E-state index contributed by atoms with van der Waals surface area (Å²) in [4.78, 5) is 16.3. The van der Waals surface area contributed by atoms with Crippen LogP contribution in [-0.2, 0) is 0 Å². The molecule has 0 spiro atoms. The zero-order valence-electron chi connectivity index (χ0n) is 10.5. The number of hydrogen-bond donors (Lipinski definition) is 2. The number of nitrogens with one attached hydrogen (secondary N) is 1. The lowest BCUT2D eigenvalue weighted by Gasteiger charge is -2.15. The highest BCUT2D eigenvalue weighted by molar-refractivity contribution is 7.14. The normalized spacial score (nSPS) is 12.2. The molecule has 0 fully saturated rings. The summed E-state index contributed by atoms with van der Waals surface area (Å²) in [5.74, 6) is -0.899. The minimum Gasteiger partial charge on any atom is -0.477 e. The first-order chi connectivity index (χ1) is 8.97. The number of thiophene rings is 1. The van der Waals surface area contributed by atoms with Gasteiger partial charge in [-0.2, -0.15) is 0 Å². The first kappa shape index (κ1) is 13.8. The predicted octanol–water partition coefficient (Wildman–Crippen LogP) is 3.98. The van der Waals surface area contributed by atoms with Crippen LogP contribution in [0, 0.1) is 6.92 Å². The fraction of sp³-hybridized carbons (Fsp3) is 0.231. The minimum atomic E-state index is -0.899. The first-order valence-electron chi connectivity index (χ1n) is 5.69. The molecule has 0 aliphatic heterocycles. The van der Waals surface area contributed by atoms with Crippen LogP contribution < -0.4 is 5.32 Å². The number of halogens is 1. The number of carboxylic acids is 1. The molecule has 4 nitrogen and oxygen atoms in total. The fourth-order valence-corrected chi connectivity index (χ4v) is 2.67. The standard InChI is InChI=1S/C13H13ClN2O2S/c1-7-10(5-9(14)6-15-7)16-8(2)11-3-4-12(19-11)13(17)18/h3-6,8,16H,1-2H3,(H,17,18). The Hall–Kier alpha value is -1.59. The number of hydrogen-bond acceptors (Lipinski definition) is 4. The van der Waals surface area contributed by atoms with Crippen LogP contribution in [-0.4, -0.2) is 16.1 Å². The third-order valence-corrected chi connectivity index (χ3v) is 4.15. The summed E-state index contributed by atoms with van der Waals surface area (Å²) in [5.41, 5.74) is 1.71. The van der Waals surface area contributed by atoms with E-state index < -0.39 is 5.97 Å². The number of aromatic carboxylic acids is 1. The van der Waals surface area contributed by atoms with Gasteiger partial charge in [-0.15, -0.1) is 11.3 Å². The molecule has 2 N–H and O–H groups in total. The summed E-state index contributed by atoms with van der Waals surface area (Å²) < 4.78 is 0. The maximum atomic E-state index is 10.9. The van der Waals surface area contributed by atoms with E-state index in [1.807, 2.05) is 26.0 Å². The van der Waals surface area contributed by atoms with Gasteiger partial charge in [-0.25, -0.2) is 4.79 Å². The Bertz CT molecular complexity index is 612. The van der Waals surface area contributed by atoms with Crippen LogP contribution in [0.3, 0.4) is 0 Å². The largest absolute Gasteiger partial charge is 0.477 e. The van der Waals surface area contributed by atoms with Crippen molar-refractivity contribution < 1.29 is 9.90 Å². The quantitative estimate of drug-likeness (QED) is 0.896. The molecule has 0 aliphatic rings. The van der Waals surface area contributed by atoms with Crippen molar-refractivity contribution >= 4 is 34.6 Å². The second kappa shape index (κ2) is 5.59. The molecule has 100 valence electrons. The molecule has 1 atom stereocenters. The number of aromatic nitrogens is 1. The van der Waals surface area contributed by atoms with E-state index in [1.165, 1.54) is 11.3 Å². The molecule has 0 aliphatic carbocycles. The van der Waals surface area contributed by atoms with Gasteiger partial charge in [-0.1, -0.05) is 11.6 Å². The van der Waals surface area contributed by atoms with Crippen LogP contribution in [0.5, 0.6) is 0 Å². The molecule has 0 saturated carbocycles. The lowest BCUT2D eigenvalue weighted by Crippen LogP contribution is -2.06. The molecule has 6 heteroatoms. The van der Waals surface area contributed by atoms with Crippen molar-refractivity contribution in [3.05, 3.63) is 44.9 Å². The monoisotopic (exact) mass is 296 g/mol. The van der Waals surface area contributed by atoms with E-state index in [0.29, 0.717) is 9.90 Å². The van der Waals surface area contributed by atoms with Crippen molar-refractivity contribution in [2.45, 2.75) is 19.9 Å². The highest BCUT2D eigenvalue weighted by Crippen LogP contribution is 2.28. The summed E-state index contributed by atoms with van der Waals surface area (Å²) in [7, 11) is 0. The van der Waals surface area contributed by atoms with Crippen LogP contribution in [0.15, 0.2) is 24.4 Å². The van der Waals surface area contributed by atoms with Crippen LogP contribution in [0.2, 0.25) is 5.02 Å². The molecular weight excluding hydrogens is 284 g/mol. The van der Waals surface area contributed by atoms with Gasteiger partial charge in [-0.3, -0.25) is 4.98 Å². The maximum absolute atomic E-state index is 10.9. The molecule has 0 saturated heterocycles. The Morgan fingerprint density at radius 1 is 1.53 bits per heavy atom. The smallest absolute Gasteiger partial charge is 0.345 e. The van der Waals surface area contributed by atoms with E-state index in [1.54, 1.807) is 12.3 Å². The third kappa shape index (κ3) is 3.24. The summed E-state index contributed by atoms with van der Waals surface area (Å²) in [5, 5.41) is 12.8. The number of anilines is 1. The van der Waals surface area contributed by atoms with E-state index >= 15 is 0 Å². The Morgan fingerprint density at radius 2 is 2.26 bits per heavy atom. The molecule has 2 aromatic rings. The van der Waals surface area contributed by atoms with Crippen LogP contribution in [0.25, 0.3) is 0 Å². The number of carboxylic acid groups (broad SMARTS) is 1. The predicted molar refractivity (Wildman–Crippen MR) is 77.3 cm³/mol. The lowest BCUT2D eigenvalue weighted by molar-refractivity contribution is 0.0702. The van der Waals surface area contributed by atoms with E-state index in [9.17, 15) is 4.79 Å². The van der Waals surface area contributed by atoms with E-state index in [0.717, 1.165) is 16.3 Å². The van der Waals surface area contributed by atoms with Crippen LogP contribution in [0.1, 0.15) is 33.2 Å². The summed E-state index contributed by atoms with van der Waals surface area (Å²) >= 11 is 7.18. The molecule has 0 aromatic carbocycles. The number of rotatable bonds is 4. The van der Waals surface area contributed by atoms with E-state index in [2.05, 4.69) is 10.3 Å². The molecule has 0 bridgehead atoms. The third-order valence-electron chi connectivity index (χ3n) is 2.69. The van der Waals surface area contributed by atoms with Gasteiger partial charge in [0.2, 0.25) is 0 Å². The van der Waals surface area contributed by atoms with Crippen LogP contribution in [0.4, 0.5) is 5.69 Å². The number of carbonyl (C=O) groups is 1. The van der Waals surface area contributed by atoms with Gasteiger partial charge in [0.05, 0.1) is 22.4 Å². The SMILES string of the molecule is Cc1ncc(Cl)cc1NC(C)c1ccc(C(=O)O)s1. The Morgan fingerprint density at radius 3 is 2.89 bits per heavy atom. The second-order valence-electron chi connectivity index (χ2n) is 4.16. The van der Waals surface area contributed by atoms with Gasteiger partial charge in [-0.05, 0) is 32.0 Å². The number of aryl methyl sites for hydroxylation is 1. The number of pyridine rings is 1. The lowest BCUT2D eigenvalue weighted by atomic mass is 10.2. The summed E-state index contributed by atoms with van der Waals surface area (Å²) in [6, 6.07) is 5.24. The Balaban J connectivity index is 2.17. The summed E-state index contributed by atoms with van der Waals surface area (Å²) in [6.07, 6.45) is 1.60. The topological polar surface area (TPSA) is 62.2 Å². The van der Waals surface area contributed by atoms with Crippen molar-refractivity contribution in [1.82, 2.24) is 4.98 Å². The zero-order chi connectivity index (χ0) is 14.0.